The molecular weight excluding hydrogens is 724 g/mol. The highest BCUT2D eigenvalue weighted by atomic mass is 19.4. The van der Waals surface area contributed by atoms with Crippen LogP contribution in [0.5, 0.6) is 0 Å². The number of aromatic nitrogens is 2. The number of nitrogens with one attached hydrogen (secondary N) is 4. The van der Waals surface area contributed by atoms with Gasteiger partial charge in [0.25, 0.3) is 5.56 Å². The normalized spacial score (nSPS) is 27.8. The molecule has 3 aliphatic carbocycles. The lowest BCUT2D eigenvalue weighted by molar-refractivity contribution is -0.185. The van der Waals surface area contributed by atoms with Crippen LogP contribution in [0.3, 0.4) is 0 Å². The summed E-state index contributed by atoms with van der Waals surface area (Å²) >= 11 is 0. The summed E-state index contributed by atoms with van der Waals surface area (Å²) in [5.74, 6) is 0.0400. The van der Waals surface area contributed by atoms with Crippen molar-refractivity contribution >= 4 is 41.2 Å². The molecule has 0 radical (unpaired) electrons. The molecule has 5 aliphatic rings. The van der Waals surface area contributed by atoms with Gasteiger partial charge >= 0.3 is 19.3 Å². The molecule has 56 heavy (non-hydrogen) atoms. The standard InChI is InChI=1S/C41H46BF3N6O5/c1-6-32(42-55-33-29-18-27(38(29,2)3)19-40(33,5)56-42)49-34(52)31-20-39(4,50-37(54)48-28-15-14-24-11-7-8-12-25(24)17-28)36-47-22-30(35(53)51(31)36)46-21-23-10-9-13-26(16-23)41(43,44)45/h7-17,22,27,29,31-33,46H,6,18-21H2,1-5H3,(H,49,52)(H2,48,50,54)/t27?,29?,31-,32-,33+,39+,40-/m0/s1. The second-order valence-electron chi connectivity index (χ2n) is 16.9. The van der Waals surface area contributed by atoms with Gasteiger partial charge in [0, 0.05) is 18.7 Å². The Bertz CT molecular complexity index is 2270. The molecule has 3 aromatic carbocycles. The molecule has 3 heterocycles. The molecule has 9 rings (SSSR count). The van der Waals surface area contributed by atoms with Gasteiger partial charge in [-0.25, -0.2) is 9.78 Å². The lowest BCUT2D eigenvalue weighted by atomic mass is 9.45. The average molecular weight is 771 g/mol. The summed E-state index contributed by atoms with van der Waals surface area (Å²) in [7, 11) is -0.692. The number of anilines is 2. The number of urea groups is 1. The van der Waals surface area contributed by atoms with E-state index < -0.39 is 59.5 Å². The summed E-state index contributed by atoms with van der Waals surface area (Å²) in [5.41, 5.74) is -2.17. The molecule has 7 atom stereocenters. The van der Waals surface area contributed by atoms with E-state index in [0.29, 0.717) is 29.5 Å². The van der Waals surface area contributed by atoms with Crippen molar-refractivity contribution in [3.8, 4) is 0 Å². The average Bonchev–Trinajstić information content (AvgIpc) is 3.67. The maximum Gasteiger partial charge on any atom is 0.481 e. The van der Waals surface area contributed by atoms with Gasteiger partial charge in [-0.15, -0.1) is 0 Å². The van der Waals surface area contributed by atoms with Gasteiger partial charge in [0.2, 0.25) is 5.91 Å². The van der Waals surface area contributed by atoms with E-state index in [4.69, 9.17) is 9.31 Å². The van der Waals surface area contributed by atoms with E-state index in [1.807, 2.05) is 43.3 Å². The van der Waals surface area contributed by atoms with E-state index in [1.54, 1.807) is 13.0 Å². The molecule has 3 saturated carbocycles. The van der Waals surface area contributed by atoms with Crippen LogP contribution in [0.15, 0.2) is 77.7 Å². The first-order valence-electron chi connectivity index (χ1n) is 19.2. The molecule has 2 unspecified atom stereocenters. The summed E-state index contributed by atoms with van der Waals surface area (Å²) in [5, 5.41) is 13.8. The molecule has 4 aromatic rings. The molecule has 4 N–H and O–H groups in total. The Morgan fingerprint density at radius 3 is 2.52 bits per heavy atom. The third-order valence-corrected chi connectivity index (χ3v) is 12.8. The van der Waals surface area contributed by atoms with E-state index in [-0.39, 0.29) is 36.0 Å². The molecule has 11 nitrogen and oxygen atoms in total. The third kappa shape index (κ3) is 6.61. The molecule has 0 spiro atoms. The number of hydrogen-bond donors (Lipinski definition) is 4. The van der Waals surface area contributed by atoms with Gasteiger partial charge in [-0.3, -0.25) is 14.2 Å². The van der Waals surface area contributed by atoms with Crippen LogP contribution in [0.4, 0.5) is 29.3 Å². The third-order valence-electron chi connectivity index (χ3n) is 12.8. The van der Waals surface area contributed by atoms with Crippen LogP contribution < -0.4 is 26.8 Å². The van der Waals surface area contributed by atoms with Crippen molar-refractivity contribution in [1.82, 2.24) is 20.2 Å². The fourth-order valence-electron chi connectivity index (χ4n) is 9.47. The molecule has 1 aromatic heterocycles. The van der Waals surface area contributed by atoms with Gasteiger partial charge in [-0.1, -0.05) is 63.2 Å². The minimum absolute atomic E-state index is 0.00953. The largest absolute Gasteiger partial charge is 0.481 e. The van der Waals surface area contributed by atoms with Gasteiger partial charge in [0.15, 0.2) is 0 Å². The molecular formula is C41H46BF3N6O5. The maximum atomic E-state index is 14.4. The van der Waals surface area contributed by atoms with Crippen molar-refractivity contribution in [3.05, 3.63) is 100 Å². The van der Waals surface area contributed by atoms with Crippen LogP contribution in [0, 0.1) is 17.3 Å². The Labute approximate surface area is 323 Å². The molecule has 4 fully saturated rings. The van der Waals surface area contributed by atoms with E-state index >= 15 is 0 Å². The fraction of sp³-hybridized carbons (Fsp3) is 0.463. The van der Waals surface area contributed by atoms with Crippen LogP contribution in [-0.4, -0.2) is 46.3 Å². The van der Waals surface area contributed by atoms with Gasteiger partial charge in [-0.2, -0.15) is 13.2 Å². The van der Waals surface area contributed by atoms with Crippen molar-refractivity contribution in [2.45, 2.75) is 102 Å². The number of carbonyl (C=O) groups is 2. The van der Waals surface area contributed by atoms with Gasteiger partial charge < -0.3 is 30.6 Å². The first-order chi connectivity index (χ1) is 26.5. The maximum absolute atomic E-state index is 14.4. The quantitative estimate of drug-likeness (QED) is 0.133. The molecule has 15 heteroatoms. The van der Waals surface area contributed by atoms with E-state index in [0.717, 1.165) is 35.7 Å². The fourth-order valence-corrected chi connectivity index (χ4v) is 9.47. The zero-order valence-electron chi connectivity index (χ0n) is 32.0. The predicted octanol–water partition coefficient (Wildman–Crippen LogP) is 7.17. The van der Waals surface area contributed by atoms with Crippen LogP contribution in [0.2, 0.25) is 0 Å². The van der Waals surface area contributed by atoms with Crippen LogP contribution >= 0.6 is 0 Å². The van der Waals surface area contributed by atoms with Crippen LogP contribution in [0.1, 0.15) is 83.3 Å². The zero-order valence-corrected chi connectivity index (χ0v) is 32.0. The predicted molar refractivity (Wildman–Crippen MR) is 207 cm³/mol. The van der Waals surface area contributed by atoms with Crippen LogP contribution in [0.25, 0.3) is 10.8 Å². The molecule has 2 aliphatic heterocycles. The Hall–Kier alpha value is -4.89. The number of nitrogens with zero attached hydrogens (tertiary/aromatic N) is 2. The van der Waals surface area contributed by atoms with E-state index in [2.05, 4.69) is 47.0 Å². The second-order valence-corrected chi connectivity index (χ2v) is 16.9. The lowest BCUT2D eigenvalue weighted by Gasteiger charge is -2.63. The molecule has 3 amide bonds. The molecule has 1 saturated heterocycles. The minimum Gasteiger partial charge on any atom is -0.404 e. The Kier molecular flexibility index (Phi) is 9.26. The van der Waals surface area contributed by atoms with Crippen LogP contribution in [-0.2, 0) is 32.4 Å². The Morgan fingerprint density at radius 2 is 1.79 bits per heavy atom. The van der Waals surface area contributed by atoms with Crippen molar-refractivity contribution in [2.75, 3.05) is 10.6 Å². The Morgan fingerprint density at radius 1 is 1.02 bits per heavy atom. The summed E-state index contributed by atoms with van der Waals surface area (Å²) in [6.07, 6.45) is -0.896. The molecule has 2 bridgehead atoms. The number of rotatable bonds is 9. The number of benzene rings is 3. The monoisotopic (exact) mass is 770 g/mol. The summed E-state index contributed by atoms with van der Waals surface area (Å²) in [6.45, 7) is 10.2. The first-order valence-corrected chi connectivity index (χ1v) is 19.2. The van der Waals surface area contributed by atoms with Crippen molar-refractivity contribution < 1.29 is 32.1 Å². The summed E-state index contributed by atoms with van der Waals surface area (Å²) < 4.78 is 54.7. The van der Waals surface area contributed by atoms with Gasteiger partial charge in [-0.05, 0) is 91.0 Å². The highest BCUT2D eigenvalue weighted by Gasteiger charge is 2.67. The molecule has 294 valence electrons. The smallest absolute Gasteiger partial charge is 0.404 e. The summed E-state index contributed by atoms with van der Waals surface area (Å²) in [4.78, 5) is 46.8. The number of amides is 3. The van der Waals surface area contributed by atoms with E-state index in [1.165, 1.54) is 22.9 Å². The minimum atomic E-state index is -4.53. The van der Waals surface area contributed by atoms with Gasteiger partial charge in [0.1, 0.15) is 17.6 Å². The van der Waals surface area contributed by atoms with Crippen molar-refractivity contribution in [2.24, 2.45) is 17.3 Å². The lowest BCUT2D eigenvalue weighted by Crippen LogP contribution is -2.63. The van der Waals surface area contributed by atoms with Crippen molar-refractivity contribution in [3.63, 3.8) is 0 Å². The highest BCUT2D eigenvalue weighted by molar-refractivity contribution is 6.47. The second kappa shape index (κ2) is 13.6. The number of carbonyl (C=O) groups excluding carboxylic acids is 2. The number of halogens is 3. The van der Waals surface area contributed by atoms with Gasteiger partial charge in [0.05, 0.1) is 34.9 Å². The first kappa shape index (κ1) is 38.0. The highest BCUT2D eigenvalue weighted by Crippen LogP contribution is 2.64. The Balaban J connectivity index is 1.05. The SMILES string of the molecule is CC[C@H](NC(=O)[C@@H]1C[C@@](C)(NC(=O)Nc2ccc3ccccc3c2)c2ncc(NCc3cccc(C(F)(F)F)c3)c(=O)n21)B1O[C@@H]2C3CC(C[C@]2(C)O1)C3(C)C. The number of fused-ring (bicyclic) bond motifs is 2. The van der Waals surface area contributed by atoms with E-state index in [9.17, 15) is 27.6 Å². The topological polar surface area (TPSA) is 136 Å². The van der Waals surface area contributed by atoms with Crippen molar-refractivity contribution in [1.29, 1.82) is 0 Å². The summed E-state index contributed by atoms with van der Waals surface area (Å²) in [6, 6.07) is 16.4. The number of hydrogen-bond acceptors (Lipinski definition) is 7. The number of alkyl halides is 3. The zero-order chi connectivity index (χ0) is 39.8.